The van der Waals surface area contributed by atoms with Gasteiger partial charge in [-0.1, -0.05) is 6.42 Å². The van der Waals surface area contributed by atoms with Crippen LogP contribution in [0.4, 0.5) is 0 Å². The minimum absolute atomic E-state index is 0.0166. The number of thiophene rings is 1. The van der Waals surface area contributed by atoms with E-state index in [4.69, 9.17) is 0 Å². The number of amides is 1. The summed E-state index contributed by atoms with van der Waals surface area (Å²) in [6.45, 7) is 1.70. The second-order valence-corrected chi connectivity index (χ2v) is 10.9. The van der Waals surface area contributed by atoms with Crippen molar-refractivity contribution >= 4 is 27.3 Å². The van der Waals surface area contributed by atoms with Gasteiger partial charge in [0.1, 0.15) is 0 Å². The van der Waals surface area contributed by atoms with Crippen LogP contribution in [0.1, 0.15) is 52.2 Å². The van der Waals surface area contributed by atoms with Crippen molar-refractivity contribution in [2.24, 2.45) is 5.92 Å². The van der Waals surface area contributed by atoms with E-state index in [1.807, 2.05) is 4.90 Å². The first-order valence-corrected chi connectivity index (χ1v) is 12.0. The molecule has 5 nitrogen and oxygen atoms in total. The number of rotatable bonds is 2. The van der Waals surface area contributed by atoms with E-state index in [2.05, 4.69) is 6.07 Å². The van der Waals surface area contributed by atoms with Crippen LogP contribution in [0, 0.1) is 5.92 Å². The molecule has 138 valence electrons. The second kappa shape index (κ2) is 6.67. The topological polar surface area (TPSA) is 57.7 Å². The number of carbonyl (C=O) groups excluding carboxylic acids is 1. The molecule has 1 aliphatic carbocycles. The molecule has 3 saturated heterocycles. The van der Waals surface area contributed by atoms with E-state index >= 15 is 0 Å². The fourth-order valence-electron chi connectivity index (χ4n) is 4.47. The van der Waals surface area contributed by atoms with E-state index in [9.17, 15) is 13.2 Å². The molecule has 2 bridgehead atoms. The molecule has 4 aliphatic rings. The van der Waals surface area contributed by atoms with E-state index in [0.717, 1.165) is 30.6 Å². The van der Waals surface area contributed by atoms with Crippen molar-refractivity contribution < 1.29 is 13.2 Å². The number of nitrogens with zero attached hydrogens (tertiary/aromatic N) is 2. The highest BCUT2D eigenvalue weighted by Crippen LogP contribution is 2.34. The predicted molar refractivity (Wildman–Crippen MR) is 99.5 cm³/mol. The highest BCUT2D eigenvalue weighted by Gasteiger charge is 2.40. The molecule has 0 N–H and O–H groups in total. The molecular formula is C18H26N2O3S2. The average Bonchev–Trinajstić information content (AvgIpc) is 2.77. The maximum absolute atomic E-state index is 13.2. The third-order valence-electron chi connectivity index (χ3n) is 5.87. The molecule has 0 saturated carbocycles. The van der Waals surface area contributed by atoms with Crippen LogP contribution in [0.3, 0.4) is 0 Å². The monoisotopic (exact) mass is 382 g/mol. The average molecular weight is 383 g/mol. The zero-order valence-electron chi connectivity index (χ0n) is 14.7. The Hall–Kier alpha value is -0.920. The number of carbonyl (C=O) groups is 1. The Morgan fingerprint density at radius 2 is 1.92 bits per heavy atom. The first-order valence-electron chi connectivity index (χ1n) is 9.29. The first-order chi connectivity index (χ1) is 11.9. The van der Waals surface area contributed by atoms with Crippen molar-refractivity contribution in [1.29, 1.82) is 0 Å². The van der Waals surface area contributed by atoms with Gasteiger partial charge in [0, 0.05) is 30.6 Å². The Morgan fingerprint density at radius 3 is 2.72 bits per heavy atom. The number of aryl methyl sites for hydroxylation is 2. The zero-order chi connectivity index (χ0) is 17.6. The quantitative estimate of drug-likeness (QED) is 0.739. The molecule has 0 spiro atoms. The first kappa shape index (κ1) is 17.5. The lowest BCUT2D eigenvalue weighted by Gasteiger charge is -2.35. The molecule has 1 amide bonds. The molecule has 1 aromatic heterocycles. The molecular weight excluding hydrogens is 356 g/mol. The van der Waals surface area contributed by atoms with Crippen molar-refractivity contribution in [3.05, 3.63) is 21.4 Å². The molecule has 0 radical (unpaired) electrons. The summed E-state index contributed by atoms with van der Waals surface area (Å²) in [6, 6.07) is 2.13. The van der Waals surface area contributed by atoms with Crippen LogP contribution in [0.5, 0.6) is 0 Å². The van der Waals surface area contributed by atoms with Crippen LogP contribution in [-0.2, 0) is 22.9 Å². The van der Waals surface area contributed by atoms with Crippen LogP contribution in [0.25, 0.3) is 0 Å². The van der Waals surface area contributed by atoms with Gasteiger partial charge in [-0.3, -0.25) is 4.79 Å². The fraction of sp³-hybridized carbons (Fsp3) is 0.722. The van der Waals surface area contributed by atoms with Gasteiger partial charge < -0.3 is 4.90 Å². The van der Waals surface area contributed by atoms with Crippen molar-refractivity contribution in [2.45, 2.75) is 51.0 Å². The maximum atomic E-state index is 13.2. The van der Waals surface area contributed by atoms with Crippen molar-refractivity contribution in [3.8, 4) is 0 Å². The van der Waals surface area contributed by atoms with Gasteiger partial charge in [-0.05, 0) is 56.1 Å². The highest BCUT2D eigenvalue weighted by molar-refractivity contribution is 7.88. The number of piperidine rings is 1. The van der Waals surface area contributed by atoms with Gasteiger partial charge in [0.05, 0.1) is 11.1 Å². The summed E-state index contributed by atoms with van der Waals surface area (Å²) in [5.41, 5.74) is 1.36. The van der Waals surface area contributed by atoms with Gasteiger partial charge in [0.15, 0.2) is 0 Å². The standard InChI is InChI=1S/C18H26N2O3S2/c1-25(22,23)19-10-13-7-8-15(12-19)20(11-13)18(21)17-9-14-5-3-2-4-6-16(14)24-17/h9,13,15H,2-8,10-12H2,1H3/t13-,15+/m1/s1. The molecule has 2 atom stereocenters. The molecule has 0 aromatic carbocycles. The van der Waals surface area contributed by atoms with Gasteiger partial charge >= 0.3 is 0 Å². The van der Waals surface area contributed by atoms with Gasteiger partial charge in [-0.15, -0.1) is 11.3 Å². The summed E-state index contributed by atoms with van der Waals surface area (Å²) in [7, 11) is -3.20. The molecule has 25 heavy (non-hydrogen) atoms. The number of sulfonamides is 1. The van der Waals surface area contributed by atoms with E-state index in [0.29, 0.717) is 19.6 Å². The second-order valence-electron chi connectivity index (χ2n) is 7.75. The highest BCUT2D eigenvalue weighted by atomic mass is 32.2. The van der Waals surface area contributed by atoms with Crippen LogP contribution in [0.2, 0.25) is 0 Å². The zero-order valence-corrected chi connectivity index (χ0v) is 16.4. The smallest absolute Gasteiger partial charge is 0.264 e. The van der Waals surface area contributed by atoms with Crippen LogP contribution in [-0.4, -0.2) is 55.5 Å². The van der Waals surface area contributed by atoms with E-state index in [-0.39, 0.29) is 17.9 Å². The molecule has 7 heteroatoms. The van der Waals surface area contributed by atoms with Gasteiger partial charge in [-0.2, -0.15) is 4.31 Å². The Kier molecular flexibility index (Phi) is 4.67. The third-order valence-corrected chi connectivity index (χ3v) is 8.33. The molecule has 5 rings (SSSR count). The van der Waals surface area contributed by atoms with Gasteiger partial charge in [0.2, 0.25) is 10.0 Å². The Bertz CT molecular complexity index is 748. The van der Waals surface area contributed by atoms with E-state index in [1.165, 1.54) is 36.0 Å². The van der Waals surface area contributed by atoms with E-state index in [1.54, 1.807) is 15.6 Å². The Balaban J connectivity index is 1.57. The summed E-state index contributed by atoms with van der Waals surface area (Å²) < 4.78 is 25.6. The summed E-state index contributed by atoms with van der Waals surface area (Å²) in [6.07, 6.45) is 9.11. The summed E-state index contributed by atoms with van der Waals surface area (Å²) >= 11 is 1.67. The lowest BCUT2D eigenvalue weighted by atomic mass is 9.95. The molecule has 4 heterocycles. The molecule has 3 aliphatic heterocycles. The minimum atomic E-state index is -3.20. The molecule has 0 unspecified atom stereocenters. The molecule has 3 fully saturated rings. The van der Waals surface area contributed by atoms with Crippen molar-refractivity contribution in [3.63, 3.8) is 0 Å². The van der Waals surface area contributed by atoms with Crippen LogP contribution < -0.4 is 0 Å². The maximum Gasteiger partial charge on any atom is 0.264 e. The van der Waals surface area contributed by atoms with Crippen molar-refractivity contribution in [1.82, 2.24) is 9.21 Å². The Morgan fingerprint density at radius 1 is 1.12 bits per heavy atom. The van der Waals surface area contributed by atoms with Crippen LogP contribution >= 0.6 is 11.3 Å². The van der Waals surface area contributed by atoms with Gasteiger partial charge in [-0.25, -0.2) is 8.42 Å². The largest absolute Gasteiger partial charge is 0.333 e. The van der Waals surface area contributed by atoms with Gasteiger partial charge in [0.25, 0.3) is 5.91 Å². The predicted octanol–water partition coefficient (Wildman–Crippen LogP) is 2.51. The minimum Gasteiger partial charge on any atom is -0.333 e. The van der Waals surface area contributed by atoms with Crippen molar-refractivity contribution in [2.75, 3.05) is 25.9 Å². The lowest BCUT2D eigenvalue weighted by molar-refractivity contribution is 0.0593. The molecule has 1 aromatic rings. The fourth-order valence-corrected chi connectivity index (χ4v) is 6.61. The normalized spacial score (nSPS) is 27.6. The summed E-state index contributed by atoms with van der Waals surface area (Å²) in [4.78, 5) is 17.4. The number of fused-ring (bicyclic) bond motifs is 5. The lowest BCUT2D eigenvalue weighted by Crippen LogP contribution is -2.47. The third kappa shape index (κ3) is 3.51. The van der Waals surface area contributed by atoms with Crippen LogP contribution in [0.15, 0.2) is 6.07 Å². The summed E-state index contributed by atoms with van der Waals surface area (Å²) in [5, 5.41) is 0. The summed E-state index contributed by atoms with van der Waals surface area (Å²) in [5.74, 6) is 0.373. The number of hydrogen-bond donors (Lipinski definition) is 0. The Labute approximate surface area is 154 Å². The number of hydrogen-bond acceptors (Lipinski definition) is 4. The van der Waals surface area contributed by atoms with E-state index < -0.39 is 10.0 Å². The SMILES string of the molecule is CS(=O)(=O)N1C[C@H]2CC[C@@H](C1)N(C(=O)c1cc3c(s1)CCCCC3)C2.